The van der Waals surface area contributed by atoms with Crippen LogP contribution in [0.5, 0.6) is 0 Å². The second kappa shape index (κ2) is 8.18. The number of nitrogens with two attached hydrogens (primary N) is 2. The van der Waals surface area contributed by atoms with Gasteiger partial charge in [-0.15, -0.1) is 0 Å². The molecule has 1 atom stereocenters. The molecule has 0 radical (unpaired) electrons. The second-order valence-corrected chi connectivity index (χ2v) is 4.22. The number of amides is 2. The van der Waals surface area contributed by atoms with E-state index in [0.29, 0.717) is 12.0 Å². The summed E-state index contributed by atoms with van der Waals surface area (Å²) in [7, 11) is 0. The molecule has 0 aliphatic rings. The van der Waals surface area contributed by atoms with Crippen molar-refractivity contribution in [3.63, 3.8) is 0 Å². The van der Waals surface area contributed by atoms with Crippen molar-refractivity contribution in [3.8, 4) is 0 Å². The molecule has 0 aliphatic carbocycles. The Labute approximate surface area is 116 Å². The number of imide groups is 1. The monoisotopic (exact) mass is 281 g/mol. The molecular formula is C12H19N5O3. The minimum atomic E-state index is -0.881. The third-order valence-corrected chi connectivity index (χ3v) is 2.73. The Morgan fingerprint density at radius 2 is 1.90 bits per heavy atom. The Kier molecular flexibility index (Phi) is 6.54. The molecule has 1 heterocycles. The first-order valence-corrected chi connectivity index (χ1v) is 6.31. The number of H-pyrrole nitrogens is 1. The van der Waals surface area contributed by atoms with E-state index in [4.69, 9.17) is 11.5 Å². The first-order chi connectivity index (χ1) is 9.63. The van der Waals surface area contributed by atoms with Crippen LogP contribution in [0, 0.1) is 0 Å². The quantitative estimate of drug-likeness (QED) is 0.500. The number of aromatic amines is 1. The van der Waals surface area contributed by atoms with Crippen molar-refractivity contribution in [1.82, 2.24) is 14.9 Å². The molecule has 0 bridgehead atoms. The number of nitrogens with zero attached hydrogens (tertiary/aromatic N) is 2. The Balaban J connectivity index is 2.90. The van der Waals surface area contributed by atoms with Crippen molar-refractivity contribution >= 4 is 18.1 Å². The molecule has 8 heteroatoms. The molecular weight excluding hydrogens is 262 g/mol. The van der Waals surface area contributed by atoms with Crippen molar-refractivity contribution in [2.45, 2.75) is 25.3 Å². The lowest BCUT2D eigenvalue weighted by Gasteiger charge is -2.26. The topological polar surface area (TPSA) is 135 Å². The molecule has 5 N–H and O–H groups in total. The molecule has 1 rings (SSSR count). The molecule has 0 saturated heterocycles. The Morgan fingerprint density at radius 1 is 1.30 bits per heavy atom. The summed E-state index contributed by atoms with van der Waals surface area (Å²) in [5, 5.41) is 0. The highest BCUT2D eigenvalue weighted by Gasteiger charge is 2.28. The molecule has 0 spiro atoms. The van der Waals surface area contributed by atoms with Gasteiger partial charge in [-0.1, -0.05) is 0 Å². The Bertz CT molecular complexity index is 428. The van der Waals surface area contributed by atoms with Crippen LogP contribution in [0.25, 0.3) is 0 Å². The van der Waals surface area contributed by atoms with Crippen LogP contribution in [0.1, 0.15) is 18.5 Å². The summed E-state index contributed by atoms with van der Waals surface area (Å²) in [5.74, 6) is -0.940. The largest absolute Gasteiger partial charge is 0.348 e. The number of imidazole rings is 1. The van der Waals surface area contributed by atoms with Crippen LogP contribution in [0.4, 0.5) is 0 Å². The van der Waals surface area contributed by atoms with Gasteiger partial charge in [0.05, 0.1) is 6.33 Å². The van der Waals surface area contributed by atoms with Gasteiger partial charge in [0.25, 0.3) is 0 Å². The van der Waals surface area contributed by atoms with E-state index in [2.05, 4.69) is 9.97 Å². The number of aromatic nitrogens is 2. The van der Waals surface area contributed by atoms with Crippen molar-refractivity contribution < 1.29 is 14.4 Å². The number of carbonyl (C=O) groups excluding carboxylic acids is 3. The number of nitrogens with one attached hydrogen (secondary N) is 1. The van der Waals surface area contributed by atoms with Crippen LogP contribution < -0.4 is 11.5 Å². The van der Waals surface area contributed by atoms with E-state index >= 15 is 0 Å². The van der Waals surface area contributed by atoms with Gasteiger partial charge in [0.2, 0.25) is 11.8 Å². The minimum Gasteiger partial charge on any atom is -0.348 e. The van der Waals surface area contributed by atoms with Gasteiger partial charge in [-0.3, -0.25) is 14.5 Å². The van der Waals surface area contributed by atoms with Crippen molar-refractivity contribution in [2.24, 2.45) is 11.5 Å². The number of rotatable bonds is 8. The van der Waals surface area contributed by atoms with Gasteiger partial charge in [0, 0.05) is 44.2 Å². The summed E-state index contributed by atoms with van der Waals surface area (Å²) in [4.78, 5) is 42.8. The molecule has 2 amide bonds. The fraction of sp³-hybridized carbons (Fsp3) is 0.500. The van der Waals surface area contributed by atoms with Gasteiger partial charge in [-0.25, -0.2) is 4.98 Å². The molecule has 0 aliphatic heterocycles. The summed E-state index contributed by atoms with van der Waals surface area (Å²) < 4.78 is 0. The maximum atomic E-state index is 12.0. The lowest BCUT2D eigenvalue weighted by molar-refractivity contribution is -0.149. The van der Waals surface area contributed by atoms with Crippen LogP contribution in [0.15, 0.2) is 12.5 Å². The number of aldehydes is 1. The normalized spacial score (nSPS) is 11.9. The summed E-state index contributed by atoms with van der Waals surface area (Å²) in [6, 6.07) is -0.881. The first kappa shape index (κ1) is 16.0. The summed E-state index contributed by atoms with van der Waals surface area (Å²) >= 11 is 0. The smallest absolute Gasteiger partial charge is 0.231 e. The van der Waals surface area contributed by atoms with Gasteiger partial charge in [0.1, 0.15) is 12.3 Å². The SMILES string of the molecule is NCCC(=O)N(C(=O)CCN)[C@H](C=O)Cc1cnc[nH]1. The van der Waals surface area contributed by atoms with Gasteiger partial charge in [0.15, 0.2) is 0 Å². The highest BCUT2D eigenvalue weighted by Crippen LogP contribution is 2.09. The third-order valence-electron chi connectivity index (χ3n) is 2.73. The zero-order valence-electron chi connectivity index (χ0n) is 11.1. The molecule has 110 valence electrons. The summed E-state index contributed by atoms with van der Waals surface area (Å²) in [5.41, 5.74) is 11.3. The van der Waals surface area contributed by atoms with E-state index in [9.17, 15) is 14.4 Å². The predicted octanol–water partition coefficient (Wildman–Crippen LogP) is -1.43. The van der Waals surface area contributed by atoms with E-state index in [1.807, 2.05) is 0 Å². The van der Waals surface area contributed by atoms with E-state index in [0.717, 1.165) is 4.90 Å². The zero-order chi connectivity index (χ0) is 15.0. The lowest BCUT2D eigenvalue weighted by atomic mass is 10.1. The fourth-order valence-electron chi connectivity index (χ4n) is 1.82. The molecule has 0 fully saturated rings. The molecule has 1 aromatic rings. The highest BCUT2D eigenvalue weighted by molar-refractivity contribution is 5.98. The first-order valence-electron chi connectivity index (χ1n) is 6.31. The van der Waals surface area contributed by atoms with Crippen molar-refractivity contribution in [1.29, 1.82) is 0 Å². The molecule has 20 heavy (non-hydrogen) atoms. The number of hydrogen-bond acceptors (Lipinski definition) is 6. The maximum absolute atomic E-state index is 12.0. The van der Waals surface area contributed by atoms with Gasteiger partial charge in [-0.2, -0.15) is 0 Å². The van der Waals surface area contributed by atoms with Gasteiger partial charge in [-0.05, 0) is 0 Å². The molecule has 0 saturated carbocycles. The summed E-state index contributed by atoms with van der Waals surface area (Å²) in [6.07, 6.45) is 3.77. The maximum Gasteiger partial charge on any atom is 0.231 e. The number of carbonyl (C=O) groups is 3. The van der Waals surface area contributed by atoms with Crippen LogP contribution in [-0.4, -0.2) is 52.1 Å². The Morgan fingerprint density at radius 3 is 2.30 bits per heavy atom. The predicted molar refractivity (Wildman–Crippen MR) is 71.3 cm³/mol. The fourth-order valence-corrected chi connectivity index (χ4v) is 1.82. The molecule has 0 unspecified atom stereocenters. The van der Waals surface area contributed by atoms with E-state index in [1.54, 1.807) is 0 Å². The van der Waals surface area contributed by atoms with Crippen LogP contribution in [-0.2, 0) is 20.8 Å². The standard InChI is InChI=1S/C12H19N5O3/c13-3-1-11(19)17(12(20)2-4-14)10(7-18)5-9-6-15-8-16-9/h6-8,10H,1-5,13-14H2,(H,15,16)/t10-/m0/s1. The average Bonchev–Trinajstić information content (AvgIpc) is 2.91. The number of hydrogen-bond donors (Lipinski definition) is 3. The highest BCUT2D eigenvalue weighted by atomic mass is 16.2. The minimum absolute atomic E-state index is 0.00360. The van der Waals surface area contributed by atoms with Crippen LogP contribution in [0.3, 0.4) is 0 Å². The van der Waals surface area contributed by atoms with Crippen LogP contribution in [0.2, 0.25) is 0 Å². The van der Waals surface area contributed by atoms with E-state index < -0.39 is 17.9 Å². The molecule has 8 nitrogen and oxygen atoms in total. The van der Waals surface area contributed by atoms with Crippen molar-refractivity contribution in [3.05, 3.63) is 18.2 Å². The van der Waals surface area contributed by atoms with Gasteiger partial charge < -0.3 is 21.2 Å². The molecule has 1 aromatic heterocycles. The third kappa shape index (κ3) is 4.25. The van der Waals surface area contributed by atoms with Crippen LogP contribution >= 0.6 is 0 Å². The summed E-state index contributed by atoms with van der Waals surface area (Å²) in [6.45, 7) is 0.224. The van der Waals surface area contributed by atoms with Crippen molar-refractivity contribution in [2.75, 3.05) is 13.1 Å². The van der Waals surface area contributed by atoms with Gasteiger partial charge >= 0.3 is 0 Å². The van der Waals surface area contributed by atoms with E-state index in [-0.39, 0.29) is 32.4 Å². The van der Waals surface area contributed by atoms with E-state index in [1.165, 1.54) is 12.5 Å². The molecule has 0 aromatic carbocycles. The average molecular weight is 281 g/mol. The Hall–Kier alpha value is -2.06. The zero-order valence-corrected chi connectivity index (χ0v) is 11.1. The lowest BCUT2D eigenvalue weighted by Crippen LogP contribution is -2.47. The second-order valence-electron chi connectivity index (χ2n) is 4.22.